The molecule has 2 aromatic heterocycles. The quantitative estimate of drug-likeness (QED) is 0.662. The van der Waals surface area contributed by atoms with Crippen LogP contribution in [0.1, 0.15) is 62.1 Å². The predicted octanol–water partition coefficient (Wildman–Crippen LogP) is 1.94. The highest BCUT2D eigenvalue weighted by Crippen LogP contribution is 2.38. The summed E-state index contributed by atoms with van der Waals surface area (Å²) in [5, 5.41) is 18.0. The lowest BCUT2D eigenvalue weighted by atomic mass is 9.85. The van der Waals surface area contributed by atoms with Gasteiger partial charge in [0.25, 0.3) is 0 Å². The highest BCUT2D eigenvalue weighted by Gasteiger charge is 2.33. The second-order valence-corrected chi connectivity index (χ2v) is 11.0. The fraction of sp³-hybridized carbons (Fsp3) is 0.714. The van der Waals surface area contributed by atoms with Crippen molar-refractivity contribution in [2.24, 2.45) is 0 Å². The predicted molar refractivity (Wildman–Crippen MR) is 119 cm³/mol. The molecule has 172 valence electrons. The largest absolute Gasteiger partial charge is 0.393 e. The molecule has 0 amide bonds. The highest BCUT2D eigenvalue weighted by molar-refractivity contribution is 7.88. The van der Waals surface area contributed by atoms with Crippen LogP contribution in [0.5, 0.6) is 0 Å². The third-order valence-corrected chi connectivity index (χ3v) is 7.81. The van der Waals surface area contributed by atoms with Gasteiger partial charge in [-0.2, -0.15) is 0 Å². The van der Waals surface area contributed by atoms with E-state index in [1.807, 2.05) is 17.6 Å². The summed E-state index contributed by atoms with van der Waals surface area (Å²) in [4.78, 5) is 4.53. The van der Waals surface area contributed by atoms with Gasteiger partial charge < -0.3 is 15.2 Å². The molecule has 0 radical (unpaired) electrons. The Morgan fingerprint density at radius 1 is 1.26 bits per heavy atom. The molecule has 2 aromatic rings. The van der Waals surface area contributed by atoms with Crippen molar-refractivity contribution in [2.45, 2.75) is 63.0 Å². The van der Waals surface area contributed by atoms with E-state index in [-0.39, 0.29) is 18.1 Å². The Kier molecular flexibility index (Phi) is 6.52. The lowest BCUT2D eigenvalue weighted by Crippen LogP contribution is -2.27. The van der Waals surface area contributed by atoms with Crippen molar-refractivity contribution >= 4 is 21.5 Å². The molecule has 4 rings (SSSR count). The Labute approximate surface area is 183 Å². The summed E-state index contributed by atoms with van der Waals surface area (Å²) in [6.07, 6.45) is 7.10. The van der Waals surface area contributed by atoms with E-state index in [1.54, 1.807) is 11.4 Å². The first-order valence-corrected chi connectivity index (χ1v) is 12.9. The molecule has 0 bridgehead atoms. The van der Waals surface area contributed by atoms with Crippen molar-refractivity contribution in [2.75, 3.05) is 38.4 Å². The van der Waals surface area contributed by atoms with Crippen LogP contribution in [0.15, 0.2) is 12.3 Å². The zero-order chi connectivity index (χ0) is 22.2. The zero-order valence-corrected chi connectivity index (χ0v) is 19.3. The van der Waals surface area contributed by atoms with Crippen LogP contribution >= 0.6 is 0 Å². The molecule has 31 heavy (non-hydrogen) atoms. The van der Waals surface area contributed by atoms with Gasteiger partial charge in [-0.15, -0.1) is 5.10 Å². The molecule has 0 unspecified atom stereocenters. The highest BCUT2D eigenvalue weighted by atomic mass is 32.2. The molecular weight excluding hydrogens is 418 g/mol. The first kappa shape index (κ1) is 22.4. The topological polar surface area (TPSA) is 109 Å². The third-order valence-electron chi connectivity index (χ3n) is 6.54. The summed E-state index contributed by atoms with van der Waals surface area (Å²) >= 11 is 0. The number of anilines is 1. The molecule has 2 aliphatic rings. The first-order chi connectivity index (χ1) is 14.8. The standard InChI is InChI=1S/C21H33N5O4S/c1-14(13-30-2)23-21-22-11-20-18(16-8-9-25(12-16)31(3,28)29)10-19(26(20)24-21)15-4-6-17(27)7-5-15/h10-11,14-17,27H,4-9,12-13H2,1-3H3,(H,23,24)/t14-,15?,16+,17?/m0/s1. The van der Waals surface area contributed by atoms with E-state index >= 15 is 0 Å². The van der Waals surface area contributed by atoms with E-state index in [0.717, 1.165) is 48.9 Å². The van der Waals surface area contributed by atoms with E-state index in [4.69, 9.17) is 9.84 Å². The van der Waals surface area contributed by atoms with Crippen molar-refractivity contribution in [3.8, 4) is 0 Å². The van der Waals surface area contributed by atoms with Gasteiger partial charge in [0.05, 0.1) is 30.7 Å². The van der Waals surface area contributed by atoms with Crippen LogP contribution in [-0.4, -0.2) is 77.6 Å². The van der Waals surface area contributed by atoms with Gasteiger partial charge in [0.15, 0.2) is 0 Å². The van der Waals surface area contributed by atoms with Gasteiger partial charge >= 0.3 is 0 Å². The van der Waals surface area contributed by atoms with Crippen LogP contribution < -0.4 is 5.32 Å². The van der Waals surface area contributed by atoms with Gasteiger partial charge in [0.2, 0.25) is 16.0 Å². The van der Waals surface area contributed by atoms with Gasteiger partial charge in [0, 0.05) is 43.8 Å². The Hall–Kier alpha value is -1.75. The summed E-state index contributed by atoms with van der Waals surface area (Å²) in [5.41, 5.74) is 3.18. The Morgan fingerprint density at radius 2 is 2.00 bits per heavy atom. The second kappa shape index (κ2) is 9.01. The number of ether oxygens (including phenoxy) is 1. The SMILES string of the molecule is COC[C@H](C)Nc1ncc2c([C@@H]3CCN(S(C)(=O)=O)C3)cc(C3CCC(O)CC3)n2n1. The smallest absolute Gasteiger partial charge is 0.241 e. The summed E-state index contributed by atoms with van der Waals surface area (Å²) in [6.45, 7) is 3.60. The van der Waals surface area contributed by atoms with Gasteiger partial charge in [-0.05, 0) is 50.7 Å². The lowest BCUT2D eigenvalue weighted by molar-refractivity contribution is 0.121. The van der Waals surface area contributed by atoms with Gasteiger partial charge in [-0.3, -0.25) is 0 Å². The number of aliphatic hydroxyl groups is 1. The van der Waals surface area contributed by atoms with E-state index in [9.17, 15) is 13.5 Å². The Bertz CT molecular complexity index is 1020. The number of rotatable bonds is 7. The van der Waals surface area contributed by atoms with Crippen LogP contribution in [0.3, 0.4) is 0 Å². The average Bonchev–Trinajstić information content (AvgIpc) is 3.33. The molecule has 2 atom stereocenters. The van der Waals surface area contributed by atoms with E-state index in [0.29, 0.717) is 31.6 Å². The maximum Gasteiger partial charge on any atom is 0.241 e. The second-order valence-electron chi connectivity index (χ2n) is 9.02. The average molecular weight is 452 g/mol. The summed E-state index contributed by atoms with van der Waals surface area (Å²) < 4.78 is 32.8. The van der Waals surface area contributed by atoms with Crippen LogP contribution in [0.2, 0.25) is 0 Å². The van der Waals surface area contributed by atoms with Gasteiger partial charge in [0.1, 0.15) is 0 Å². The number of methoxy groups -OCH3 is 1. The van der Waals surface area contributed by atoms with Crippen molar-refractivity contribution in [1.82, 2.24) is 18.9 Å². The number of hydrogen-bond donors (Lipinski definition) is 2. The number of nitrogens with one attached hydrogen (secondary N) is 1. The molecule has 9 nitrogen and oxygen atoms in total. The van der Waals surface area contributed by atoms with Gasteiger partial charge in [-0.1, -0.05) is 0 Å². The van der Waals surface area contributed by atoms with E-state index in [2.05, 4.69) is 16.4 Å². The summed E-state index contributed by atoms with van der Waals surface area (Å²) in [5.74, 6) is 0.985. The van der Waals surface area contributed by atoms with Crippen molar-refractivity contribution in [1.29, 1.82) is 0 Å². The van der Waals surface area contributed by atoms with Crippen molar-refractivity contribution in [3.05, 3.63) is 23.5 Å². The number of nitrogens with zero attached hydrogens (tertiary/aromatic N) is 4. The summed E-state index contributed by atoms with van der Waals surface area (Å²) in [6, 6.07) is 2.27. The molecule has 1 saturated carbocycles. The van der Waals surface area contributed by atoms with Crippen LogP contribution in [-0.2, 0) is 14.8 Å². The van der Waals surface area contributed by atoms with E-state index < -0.39 is 10.0 Å². The number of aliphatic hydroxyl groups excluding tert-OH is 1. The number of sulfonamides is 1. The molecule has 1 aliphatic heterocycles. The minimum atomic E-state index is -3.20. The zero-order valence-electron chi connectivity index (χ0n) is 18.5. The molecule has 2 fully saturated rings. The normalized spacial score (nSPS) is 26.4. The maximum atomic E-state index is 12.0. The molecule has 0 spiro atoms. The molecule has 2 N–H and O–H groups in total. The van der Waals surface area contributed by atoms with Crippen molar-refractivity contribution in [3.63, 3.8) is 0 Å². The molecule has 1 saturated heterocycles. The van der Waals surface area contributed by atoms with E-state index in [1.165, 1.54) is 6.26 Å². The van der Waals surface area contributed by atoms with Gasteiger partial charge in [-0.25, -0.2) is 22.2 Å². The molecule has 0 aromatic carbocycles. The lowest BCUT2D eigenvalue weighted by Gasteiger charge is -2.25. The maximum absolute atomic E-state index is 12.0. The van der Waals surface area contributed by atoms with Crippen LogP contribution in [0, 0.1) is 0 Å². The minimum absolute atomic E-state index is 0.0731. The third kappa shape index (κ3) is 4.87. The van der Waals surface area contributed by atoms with Crippen LogP contribution in [0.4, 0.5) is 5.95 Å². The van der Waals surface area contributed by atoms with Crippen LogP contribution in [0.25, 0.3) is 5.52 Å². The minimum Gasteiger partial charge on any atom is -0.393 e. The Balaban J connectivity index is 1.69. The number of hydrogen-bond acceptors (Lipinski definition) is 7. The fourth-order valence-corrected chi connectivity index (χ4v) is 5.78. The molecule has 1 aliphatic carbocycles. The Morgan fingerprint density at radius 3 is 2.65 bits per heavy atom. The number of aromatic nitrogens is 3. The monoisotopic (exact) mass is 451 g/mol. The summed E-state index contributed by atoms with van der Waals surface area (Å²) in [7, 11) is -1.53. The molecule has 3 heterocycles. The molecule has 10 heteroatoms. The number of fused-ring (bicyclic) bond motifs is 1. The first-order valence-electron chi connectivity index (χ1n) is 11.0. The fourth-order valence-electron chi connectivity index (χ4n) is 4.89. The van der Waals surface area contributed by atoms with Crippen molar-refractivity contribution < 1.29 is 18.3 Å². The molecular formula is C21H33N5O4S.